The van der Waals surface area contributed by atoms with E-state index in [4.69, 9.17) is 4.74 Å². The van der Waals surface area contributed by atoms with Gasteiger partial charge in [0.15, 0.2) is 5.75 Å². The number of hydrogen-bond acceptors (Lipinski definition) is 4. The van der Waals surface area contributed by atoms with E-state index in [0.717, 1.165) is 13.0 Å². The average molecular weight is 292 g/mol. The molecule has 0 saturated heterocycles. The summed E-state index contributed by atoms with van der Waals surface area (Å²) in [5.74, 6) is 0.333. The van der Waals surface area contributed by atoms with E-state index in [2.05, 4.69) is 12.2 Å². The third-order valence-electron chi connectivity index (χ3n) is 4.36. The zero-order valence-corrected chi connectivity index (χ0v) is 13.0. The number of anilines is 1. The van der Waals surface area contributed by atoms with Crippen LogP contribution in [-0.4, -0.2) is 17.6 Å². The third kappa shape index (κ3) is 3.46. The van der Waals surface area contributed by atoms with Crippen LogP contribution in [0.25, 0.3) is 0 Å². The van der Waals surface area contributed by atoms with Gasteiger partial charge in [-0.1, -0.05) is 19.4 Å². The molecule has 5 nitrogen and oxygen atoms in total. The number of ether oxygens (including phenoxy) is 1. The average Bonchev–Trinajstić information content (AvgIpc) is 2.37. The Labute approximate surface area is 125 Å². The van der Waals surface area contributed by atoms with Gasteiger partial charge < -0.3 is 10.1 Å². The van der Waals surface area contributed by atoms with Gasteiger partial charge in [-0.05, 0) is 50.7 Å². The smallest absolute Gasteiger partial charge is 0.333 e. The van der Waals surface area contributed by atoms with E-state index in [9.17, 15) is 10.1 Å². The molecule has 2 rings (SSSR count). The molecular formula is C16H24N2O3. The Hall–Kier alpha value is -1.78. The molecule has 1 aliphatic rings. The molecule has 0 spiro atoms. The normalized spacial score (nSPS) is 16.4. The van der Waals surface area contributed by atoms with Crippen molar-refractivity contribution < 1.29 is 9.66 Å². The Kier molecular flexibility index (Phi) is 4.70. The predicted molar refractivity (Wildman–Crippen MR) is 83.9 cm³/mol. The highest BCUT2D eigenvalue weighted by Gasteiger charge is 2.35. The van der Waals surface area contributed by atoms with Crippen molar-refractivity contribution >= 4 is 11.4 Å². The largest absolute Gasteiger partial charge is 0.484 e. The molecule has 1 aliphatic carbocycles. The fraction of sp³-hybridized carbons (Fsp3) is 0.625. The van der Waals surface area contributed by atoms with E-state index in [0.29, 0.717) is 16.9 Å². The fourth-order valence-electron chi connectivity index (χ4n) is 2.82. The van der Waals surface area contributed by atoms with Crippen molar-refractivity contribution in [1.29, 1.82) is 0 Å². The van der Waals surface area contributed by atoms with Gasteiger partial charge >= 0.3 is 5.69 Å². The van der Waals surface area contributed by atoms with Crippen LogP contribution in [0.2, 0.25) is 0 Å². The zero-order chi connectivity index (χ0) is 15.5. The van der Waals surface area contributed by atoms with Crippen LogP contribution < -0.4 is 10.1 Å². The highest BCUT2D eigenvalue weighted by atomic mass is 16.6. The van der Waals surface area contributed by atoms with E-state index in [1.165, 1.54) is 19.3 Å². The molecule has 1 fully saturated rings. The Bertz CT molecular complexity index is 505. The molecule has 116 valence electrons. The van der Waals surface area contributed by atoms with Gasteiger partial charge in [-0.2, -0.15) is 0 Å². The molecule has 0 radical (unpaired) electrons. The Morgan fingerprint density at radius 1 is 1.43 bits per heavy atom. The first kappa shape index (κ1) is 15.6. The van der Waals surface area contributed by atoms with Crippen LogP contribution >= 0.6 is 0 Å². The number of nitro groups is 1. The van der Waals surface area contributed by atoms with Gasteiger partial charge in [-0.25, -0.2) is 0 Å². The summed E-state index contributed by atoms with van der Waals surface area (Å²) in [4.78, 5) is 11.0. The van der Waals surface area contributed by atoms with Gasteiger partial charge in [0.2, 0.25) is 0 Å². The summed E-state index contributed by atoms with van der Waals surface area (Å²) in [7, 11) is 0. The molecule has 0 bridgehead atoms. The van der Waals surface area contributed by atoms with E-state index in [1.54, 1.807) is 18.2 Å². The lowest BCUT2D eigenvalue weighted by atomic mass is 9.67. The molecule has 0 unspecified atom stereocenters. The summed E-state index contributed by atoms with van der Waals surface area (Å²) < 4.78 is 5.56. The van der Waals surface area contributed by atoms with Crippen molar-refractivity contribution in [3.63, 3.8) is 0 Å². The number of para-hydroxylation sites is 1. The minimum Gasteiger partial charge on any atom is -0.484 e. The number of nitrogens with one attached hydrogen (secondary N) is 1. The summed E-state index contributed by atoms with van der Waals surface area (Å²) in [6, 6.07) is 5.21. The number of benzene rings is 1. The molecule has 1 aromatic carbocycles. The number of hydrogen-bond donors (Lipinski definition) is 1. The van der Waals surface area contributed by atoms with Crippen molar-refractivity contribution in [2.24, 2.45) is 5.41 Å². The van der Waals surface area contributed by atoms with Crippen LogP contribution in [0.3, 0.4) is 0 Å². The van der Waals surface area contributed by atoms with Crippen LogP contribution in [0.1, 0.15) is 46.5 Å². The van der Waals surface area contributed by atoms with Crippen LogP contribution in [0, 0.1) is 15.5 Å². The second kappa shape index (κ2) is 6.33. The summed E-state index contributed by atoms with van der Waals surface area (Å²) in [6.07, 6.45) is 4.68. The number of nitro benzene ring substituents is 1. The van der Waals surface area contributed by atoms with Gasteiger partial charge in [0, 0.05) is 6.54 Å². The monoisotopic (exact) mass is 292 g/mol. The number of nitrogens with zero attached hydrogens (tertiary/aromatic N) is 1. The first-order chi connectivity index (χ1) is 9.97. The van der Waals surface area contributed by atoms with Crippen LogP contribution in [0.5, 0.6) is 5.75 Å². The molecule has 0 aromatic heterocycles. The minimum atomic E-state index is -0.362. The molecule has 21 heavy (non-hydrogen) atoms. The van der Waals surface area contributed by atoms with Gasteiger partial charge in [-0.3, -0.25) is 10.1 Å². The lowest BCUT2D eigenvalue weighted by Gasteiger charge is -2.41. The van der Waals surface area contributed by atoms with Crippen molar-refractivity contribution in [3.05, 3.63) is 28.3 Å². The highest BCUT2D eigenvalue weighted by molar-refractivity contribution is 5.68. The van der Waals surface area contributed by atoms with E-state index in [-0.39, 0.29) is 16.7 Å². The second-order valence-corrected chi connectivity index (χ2v) is 6.14. The number of rotatable bonds is 7. The van der Waals surface area contributed by atoms with Crippen molar-refractivity contribution in [3.8, 4) is 5.75 Å². The first-order valence-corrected chi connectivity index (χ1v) is 7.65. The van der Waals surface area contributed by atoms with Gasteiger partial charge in [0.25, 0.3) is 0 Å². The van der Waals surface area contributed by atoms with Gasteiger partial charge in [0.05, 0.1) is 11.0 Å². The molecular weight excluding hydrogens is 268 g/mol. The quantitative estimate of drug-likeness (QED) is 0.598. The van der Waals surface area contributed by atoms with E-state index >= 15 is 0 Å². The van der Waals surface area contributed by atoms with Crippen LogP contribution in [0.4, 0.5) is 11.4 Å². The topological polar surface area (TPSA) is 64.4 Å². The molecule has 0 atom stereocenters. The highest BCUT2D eigenvalue weighted by Crippen LogP contribution is 2.44. The lowest BCUT2D eigenvalue weighted by molar-refractivity contribution is -0.385. The van der Waals surface area contributed by atoms with Crippen molar-refractivity contribution in [2.45, 2.75) is 52.6 Å². The maximum atomic E-state index is 11.4. The maximum absolute atomic E-state index is 11.4. The Balaban J connectivity index is 2.20. The molecule has 5 heteroatoms. The standard InChI is InChI=1S/C16H24N2O3/c1-4-16(9-6-10-16)11-17-13-7-5-8-14(21-12(2)3)15(13)18(19)20/h5,7-8,12,17H,4,6,9-11H2,1-3H3. The van der Waals surface area contributed by atoms with Gasteiger partial charge in [-0.15, -0.1) is 0 Å². The lowest BCUT2D eigenvalue weighted by Crippen LogP contribution is -2.35. The first-order valence-electron chi connectivity index (χ1n) is 7.65. The van der Waals surface area contributed by atoms with Gasteiger partial charge in [0.1, 0.15) is 5.69 Å². The maximum Gasteiger partial charge on any atom is 0.333 e. The second-order valence-electron chi connectivity index (χ2n) is 6.14. The predicted octanol–water partition coefficient (Wildman–Crippen LogP) is 4.37. The Morgan fingerprint density at radius 2 is 2.14 bits per heavy atom. The summed E-state index contributed by atoms with van der Waals surface area (Å²) in [5.41, 5.74) is 0.901. The minimum absolute atomic E-state index is 0.0387. The summed E-state index contributed by atoms with van der Waals surface area (Å²) >= 11 is 0. The third-order valence-corrected chi connectivity index (χ3v) is 4.36. The van der Waals surface area contributed by atoms with Crippen LogP contribution in [-0.2, 0) is 0 Å². The fourth-order valence-corrected chi connectivity index (χ4v) is 2.82. The molecule has 0 aliphatic heterocycles. The summed E-state index contributed by atoms with van der Waals surface area (Å²) in [6.45, 7) is 6.71. The van der Waals surface area contributed by atoms with E-state index < -0.39 is 0 Å². The van der Waals surface area contributed by atoms with Crippen molar-refractivity contribution in [2.75, 3.05) is 11.9 Å². The Morgan fingerprint density at radius 3 is 2.62 bits per heavy atom. The molecule has 1 saturated carbocycles. The zero-order valence-electron chi connectivity index (χ0n) is 13.0. The van der Waals surface area contributed by atoms with Crippen LogP contribution in [0.15, 0.2) is 18.2 Å². The van der Waals surface area contributed by atoms with E-state index in [1.807, 2.05) is 13.8 Å². The SMILES string of the molecule is CCC1(CNc2cccc(OC(C)C)c2[N+](=O)[O-])CCC1. The molecule has 1 aromatic rings. The molecule has 1 N–H and O–H groups in total. The summed E-state index contributed by atoms with van der Waals surface area (Å²) in [5, 5.41) is 14.7. The molecule has 0 amide bonds. The molecule has 0 heterocycles. The van der Waals surface area contributed by atoms with Crippen molar-refractivity contribution in [1.82, 2.24) is 0 Å².